The van der Waals surface area contributed by atoms with E-state index in [4.69, 9.17) is 11.5 Å². The van der Waals surface area contributed by atoms with Crippen LogP contribution in [0, 0.1) is 0 Å². The summed E-state index contributed by atoms with van der Waals surface area (Å²) in [4.78, 5) is 3.62. The van der Waals surface area contributed by atoms with Gasteiger partial charge in [0.15, 0.2) is 5.96 Å². The van der Waals surface area contributed by atoms with E-state index >= 15 is 0 Å². The number of aromatic nitrogens is 3. The molecule has 4 atom stereocenters. The lowest BCUT2D eigenvalue weighted by atomic mass is 10.0. The summed E-state index contributed by atoms with van der Waals surface area (Å²) < 4.78 is 80.8. The molecule has 0 amide bonds. The van der Waals surface area contributed by atoms with E-state index in [2.05, 4.69) is 20.6 Å². The SMILES string of the molecule is NC(N)=Nc1nnn(C[C@H]2N[C@H](CO)[C@@H](O)[C@@H]2O)c1-c1cc(C(F)(F)F)cc(C(F)(F)F)c1. The van der Waals surface area contributed by atoms with Gasteiger partial charge in [0.25, 0.3) is 0 Å². The third-order valence-corrected chi connectivity index (χ3v) is 4.98. The van der Waals surface area contributed by atoms with Gasteiger partial charge in [-0.15, -0.1) is 5.10 Å². The van der Waals surface area contributed by atoms with E-state index in [-0.39, 0.29) is 12.6 Å². The number of rotatable bonds is 5. The zero-order valence-electron chi connectivity index (χ0n) is 16.5. The van der Waals surface area contributed by atoms with Gasteiger partial charge in [0.2, 0.25) is 5.82 Å². The fraction of sp³-hybridized carbons (Fsp3) is 0.471. The molecule has 0 aliphatic carbocycles. The number of nitrogens with two attached hydrogens (primary N) is 2. The van der Waals surface area contributed by atoms with Crippen LogP contribution >= 0.6 is 0 Å². The van der Waals surface area contributed by atoms with Crippen molar-refractivity contribution < 1.29 is 41.7 Å². The number of aliphatic imine (C=N–C) groups is 1. The highest BCUT2D eigenvalue weighted by Gasteiger charge is 2.42. The first-order valence-electron chi connectivity index (χ1n) is 9.28. The van der Waals surface area contributed by atoms with Gasteiger partial charge < -0.3 is 32.1 Å². The Labute approximate surface area is 181 Å². The lowest BCUT2D eigenvalue weighted by molar-refractivity contribution is -0.143. The number of guanidine groups is 1. The molecule has 1 aliphatic heterocycles. The van der Waals surface area contributed by atoms with Gasteiger partial charge in [-0.05, 0) is 18.2 Å². The van der Waals surface area contributed by atoms with Crippen LogP contribution in [-0.4, -0.2) is 67.2 Å². The molecule has 0 bridgehead atoms. The Kier molecular flexibility index (Phi) is 6.56. The number of hydrogen-bond acceptors (Lipinski definition) is 7. The van der Waals surface area contributed by atoms with Crippen molar-refractivity contribution in [1.82, 2.24) is 20.3 Å². The smallest absolute Gasteiger partial charge is 0.395 e. The predicted octanol–water partition coefficient (Wildman–Crippen LogP) is -0.0579. The second kappa shape index (κ2) is 8.77. The van der Waals surface area contributed by atoms with E-state index in [0.29, 0.717) is 12.1 Å². The van der Waals surface area contributed by atoms with E-state index in [1.54, 1.807) is 0 Å². The molecule has 2 aromatic rings. The maximum atomic E-state index is 13.3. The van der Waals surface area contributed by atoms with Gasteiger partial charge in [-0.2, -0.15) is 31.3 Å². The highest BCUT2D eigenvalue weighted by molar-refractivity contribution is 5.82. The third kappa shape index (κ3) is 5.18. The van der Waals surface area contributed by atoms with Gasteiger partial charge in [-0.25, -0.2) is 4.68 Å². The molecule has 10 nitrogen and oxygen atoms in total. The number of nitrogens with zero attached hydrogens (tertiary/aromatic N) is 4. The van der Waals surface area contributed by atoms with Crippen LogP contribution in [0.15, 0.2) is 23.2 Å². The standard InChI is InChI=1S/C17H19F6N7O3/c18-16(19,20)7-1-6(2-8(3-7)17(21,22)23)11-14(27-15(24)25)28-29-30(11)4-9-12(32)13(33)10(5-31)26-9/h1-3,9-10,12-13,26,31-33H,4-5H2,(H4,24,25,27)/t9-,10-,12-,13-/m1/s1. The largest absolute Gasteiger partial charge is 0.416 e. The van der Waals surface area contributed by atoms with Crippen LogP contribution in [0.25, 0.3) is 11.3 Å². The van der Waals surface area contributed by atoms with Crippen molar-refractivity contribution in [3.63, 3.8) is 0 Å². The second-order valence-electron chi connectivity index (χ2n) is 7.32. The minimum Gasteiger partial charge on any atom is -0.395 e. The molecule has 3 rings (SSSR count). The Morgan fingerprint density at radius 1 is 1.00 bits per heavy atom. The van der Waals surface area contributed by atoms with Gasteiger partial charge in [-0.3, -0.25) is 0 Å². The average molecular weight is 483 g/mol. The van der Waals surface area contributed by atoms with Crippen LogP contribution in [0.2, 0.25) is 0 Å². The van der Waals surface area contributed by atoms with E-state index in [1.807, 2.05) is 0 Å². The molecular weight excluding hydrogens is 464 g/mol. The molecule has 1 saturated heterocycles. The number of aliphatic hydroxyl groups excluding tert-OH is 3. The van der Waals surface area contributed by atoms with Crippen molar-refractivity contribution in [2.45, 2.75) is 43.2 Å². The molecule has 1 aromatic heterocycles. The highest BCUT2D eigenvalue weighted by atomic mass is 19.4. The monoisotopic (exact) mass is 483 g/mol. The summed E-state index contributed by atoms with van der Waals surface area (Å²) in [7, 11) is 0. The third-order valence-electron chi connectivity index (χ3n) is 4.98. The van der Waals surface area contributed by atoms with Gasteiger partial charge in [0, 0.05) is 5.56 Å². The highest BCUT2D eigenvalue weighted by Crippen LogP contribution is 2.40. The van der Waals surface area contributed by atoms with Crippen molar-refractivity contribution >= 4 is 11.8 Å². The Hall–Kier alpha value is -2.95. The first-order chi connectivity index (χ1) is 15.2. The number of halogens is 6. The fourth-order valence-corrected chi connectivity index (χ4v) is 3.45. The van der Waals surface area contributed by atoms with Crippen LogP contribution in [0.1, 0.15) is 11.1 Å². The van der Waals surface area contributed by atoms with Crippen LogP contribution in [0.4, 0.5) is 32.2 Å². The predicted molar refractivity (Wildman–Crippen MR) is 101 cm³/mol. The van der Waals surface area contributed by atoms with E-state index in [1.165, 1.54) is 0 Å². The first-order valence-corrected chi connectivity index (χ1v) is 9.28. The summed E-state index contributed by atoms with van der Waals surface area (Å²) in [5, 5.41) is 39.4. The molecule has 8 N–H and O–H groups in total. The molecule has 16 heteroatoms. The number of benzene rings is 1. The van der Waals surface area contributed by atoms with Gasteiger partial charge in [0.1, 0.15) is 5.69 Å². The lowest BCUT2D eigenvalue weighted by Gasteiger charge is -2.18. The molecule has 2 heterocycles. The van der Waals surface area contributed by atoms with Crippen molar-refractivity contribution in [2.24, 2.45) is 16.5 Å². The molecule has 182 valence electrons. The topological polar surface area (TPSA) is 168 Å². The van der Waals surface area contributed by atoms with Gasteiger partial charge in [-0.1, -0.05) is 5.21 Å². The molecule has 0 radical (unpaired) electrons. The maximum absolute atomic E-state index is 13.3. The van der Waals surface area contributed by atoms with Crippen molar-refractivity contribution in [3.05, 3.63) is 29.3 Å². The molecule has 0 saturated carbocycles. The zero-order chi connectivity index (χ0) is 24.7. The minimum atomic E-state index is -5.10. The quantitative estimate of drug-likeness (QED) is 0.195. The Morgan fingerprint density at radius 3 is 2.00 bits per heavy atom. The Balaban J connectivity index is 2.16. The van der Waals surface area contributed by atoms with Crippen molar-refractivity contribution in [2.75, 3.05) is 6.61 Å². The molecular formula is C17H19F6N7O3. The first kappa shape index (κ1) is 24.7. The number of alkyl halides is 6. The van der Waals surface area contributed by atoms with Crippen LogP contribution < -0.4 is 16.8 Å². The summed E-state index contributed by atoms with van der Waals surface area (Å²) >= 11 is 0. The summed E-state index contributed by atoms with van der Waals surface area (Å²) in [5.41, 5.74) is 6.46. The van der Waals surface area contributed by atoms with E-state index in [9.17, 15) is 41.7 Å². The van der Waals surface area contributed by atoms with Gasteiger partial charge >= 0.3 is 12.4 Å². The molecule has 0 spiro atoms. The minimum absolute atomic E-state index is 0.0393. The normalized spacial score (nSPS) is 23.7. The maximum Gasteiger partial charge on any atom is 0.416 e. The number of aliphatic hydroxyl groups is 3. The molecule has 1 aliphatic rings. The molecule has 33 heavy (non-hydrogen) atoms. The van der Waals surface area contributed by atoms with Crippen molar-refractivity contribution in [1.29, 1.82) is 0 Å². The van der Waals surface area contributed by atoms with E-state index in [0.717, 1.165) is 4.68 Å². The van der Waals surface area contributed by atoms with Crippen LogP contribution in [-0.2, 0) is 18.9 Å². The van der Waals surface area contributed by atoms with E-state index < -0.39 is 77.4 Å². The lowest BCUT2D eigenvalue weighted by Crippen LogP contribution is -2.38. The molecule has 1 aromatic carbocycles. The zero-order valence-corrected chi connectivity index (χ0v) is 16.5. The summed E-state index contributed by atoms with van der Waals surface area (Å²) in [6.45, 7) is -0.907. The van der Waals surface area contributed by atoms with Crippen molar-refractivity contribution in [3.8, 4) is 11.3 Å². The van der Waals surface area contributed by atoms with Crippen LogP contribution in [0.5, 0.6) is 0 Å². The summed E-state index contributed by atoms with van der Waals surface area (Å²) in [5.74, 6) is -1.05. The molecule has 1 fully saturated rings. The Morgan fingerprint density at radius 2 is 1.55 bits per heavy atom. The number of nitrogens with one attached hydrogen (secondary N) is 1. The fourth-order valence-electron chi connectivity index (χ4n) is 3.45. The number of hydrogen-bond donors (Lipinski definition) is 6. The summed E-state index contributed by atoms with van der Waals surface area (Å²) in [6, 6.07) is -1.03. The average Bonchev–Trinajstić information content (AvgIpc) is 3.21. The second-order valence-corrected chi connectivity index (χ2v) is 7.32. The Bertz CT molecular complexity index is 1000. The molecule has 0 unspecified atom stereocenters. The van der Waals surface area contributed by atoms with Gasteiger partial charge in [0.05, 0.1) is 48.6 Å². The summed E-state index contributed by atoms with van der Waals surface area (Å²) in [6.07, 6.45) is -13.0. The van der Waals surface area contributed by atoms with Crippen LogP contribution in [0.3, 0.4) is 0 Å².